The number of nitro benzene ring substituents is 1. The van der Waals surface area contributed by atoms with Gasteiger partial charge in [-0.1, -0.05) is 16.1 Å². The molecule has 1 atom stereocenters. The zero-order valence-electron chi connectivity index (χ0n) is 16.9. The van der Waals surface area contributed by atoms with Gasteiger partial charge in [0.25, 0.3) is 15.9 Å². The monoisotopic (exact) mass is 489 g/mol. The van der Waals surface area contributed by atoms with Gasteiger partial charge >= 0.3 is 11.7 Å². The molecular weight excluding hydrogens is 473 g/mol. The van der Waals surface area contributed by atoms with E-state index in [1.54, 1.807) is 0 Å². The van der Waals surface area contributed by atoms with Gasteiger partial charge in [-0.15, -0.1) is 0 Å². The van der Waals surface area contributed by atoms with E-state index in [1.807, 2.05) is 0 Å². The number of nitro groups is 1. The summed E-state index contributed by atoms with van der Waals surface area (Å²) in [5.41, 5.74) is -1.15. The zero-order chi connectivity index (χ0) is 24.2. The van der Waals surface area contributed by atoms with Gasteiger partial charge in [-0.25, -0.2) is 13.2 Å². The fourth-order valence-electron chi connectivity index (χ4n) is 2.32. The Kier molecular flexibility index (Phi) is 7.85. The number of hydroxylamine groups is 1. The van der Waals surface area contributed by atoms with Crippen LogP contribution in [0.15, 0.2) is 41.3 Å². The third-order valence-corrected chi connectivity index (χ3v) is 6.27. The maximum atomic E-state index is 13.4. The van der Waals surface area contributed by atoms with Crippen LogP contribution in [0.2, 0.25) is 5.02 Å². The van der Waals surface area contributed by atoms with Crippen LogP contribution in [0.1, 0.15) is 17.3 Å². The Morgan fingerprint density at radius 2 is 1.91 bits per heavy atom. The molecule has 0 saturated heterocycles. The quantitative estimate of drug-likeness (QED) is 0.338. The van der Waals surface area contributed by atoms with E-state index in [9.17, 15) is 32.5 Å². The Morgan fingerprint density at radius 1 is 1.25 bits per heavy atom. The second-order valence-corrected chi connectivity index (χ2v) is 8.51. The molecule has 0 heterocycles. The molecule has 14 heteroatoms. The van der Waals surface area contributed by atoms with Gasteiger partial charge in [0.15, 0.2) is 6.10 Å². The molecule has 2 aromatic rings. The van der Waals surface area contributed by atoms with Crippen molar-refractivity contribution < 1.29 is 36.9 Å². The van der Waals surface area contributed by atoms with Crippen LogP contribution in [0.4, 0.5) is 15.8 Å². The molecule has 172 valence electrons. The molecule has 0 spiro atoms. The van der Waals surface area contributed by atoms with E-state index < -0.39 is 49.3 Å². The number of hydrogen-bond acceptors (Lipinski definition) is 8. The van der Waals surface area contributed by atoms with E-state index in [0.717, 1.165) is 44.5 Å². The molecule has 2 rings (SSSR count). The van der Waals surface area contributed by atoms with Crippen molar-refractivity contribution in [1.82, 2.24) is 4.47 Å². The molecule has 1 N–H and O–H groups in total. The number of hydrogen-bond donors (Lipinski definition) is 1. The van der Waals surface area contributed by atoms with Crippen molar-refractivity contribution >= 4 is 44.9 Å². The number of carbonyl (C=O) groups is 2. The first kappa shape index (κ1) is 25.1. The van der Waals surface area contributed by atoms with Gasteiger partial charge < -0.3 is 10.1 Å². The van der Waals surface area contributed by atoms with Gasteiger partial charge in [0.05, 0.1) is 22.6 Å². The highest BCUT2D eigenvalue weighted by Gasteiger charge is 2.27. The summed E-state index contributed by atoms with van der Waals surface area (Å²) in [6.45, 7) is 1.22. The summed E-state index contributed by atoms with van der Waals surface area (Å²) in [6, 6.07) is 6.03. The third kappa shape index (κ3) is 5.56. The molecule has 0 aliphatic carbocycles. The fraction of sp³-hybridized carbons (Fsp3) is 0.222. The van der Waals surface area contributed by atoms with E-state index in [0.29, 0.717) is 4.47 Å². The van der Waals surface area contributed by atoms with Crippen molar-refractivity contribution in [2.75, 3.05) is 19.5 Å². The number of esters is 1. The first-order chi connectivity index (χ1) is 14.9. The molecular formula is C18H17ClFN3O8S. The first-order valence-corrected chi connectivity index (χ1v) is 10.5. The standard InChI is InChI=1S/C18H17ClFN3O8S/c1-10(17(24)21-12-5-7-14(20)15(9-12)23(26)27)31-18(25)11-4-6-13(19)16(8-11)32(28,29)22(2)30-3/h4-10H,1-3H3,(H,21,24). The van der Waals surface area contributed by atoms with Gasteiger partial charge in [0, 0.05) is 18.8 Å². The van der Waals surface area contributed by atoms with Crippen molar-refractivity contribution in [3.63, 3.8) is 0 Å². The Hall–Kier alpha value is -3.13. The maximum Gasteiger partial charge on any atom is 0.338 e. The molecule has 32 heavy (non-hydrogen) atoms. The molecule has 0 radical (unpaired) electrons. The molecule has 0 aliphatic rings. The summed E-state index contributed by atoms with van der Waals surface area (Å²) in [5, 5.41) is 12.9. The lowest BCUT2D eigenvalue weighted by Gasteiger charge is -2.16. The number of sulfonamides is 1. The second-order valence-electron chi connectivity index (χ2n) is 6.20. The summed E-state index contributed by atoms with van der Waals surface area (Å²) >= 11 is 5.93. The molecule has 11 nitrogen and oxygen atoms in total. The smallest absolute Gasteiger partial charge is 0.338 e. The molecule has 0 saturated carbocycles. The average Bonchev–Trinajstić information content (AvgIpc) is 2.74. The van der Waals surface area contributed by atoms with Crippen LogP contribution < -0.4 is 5.32 Å². The Balaban J connectivity index is 2.17. The van der Waals surface area contributed by atoms with Crippen molar-refractivity contribution in [2.24, 2.45) is 0 Å². The lowest BCUT2D eigenvalue weighted by Crippen LogP contribution is -2.30. The topological polar surface area (TPSA) is 145 Å². The number of benzene rings is 2. The Bertz CT molecular complexity index is 1170. The predicted octanol–water partition coefficient (Wildman–Crippen LogP) is 2.75. The summed E-state index contributed by atoms with van der Waals surface area (Å²) in [6.07, 6.45) is -1.39. The van der Waals surface area contributed by atoms with Gasteiger partial charge in [-0.05, 0) is 37.3 Å². The molecule has 1 unspecified atom stereocenters. The maximum absolute atomic E-state index is 13.4. The van der Waals surface area contributed by atoms with Crippen LogP contribution in [0.3, 0.4) is 0 Å². The number of carbonyl (C=O) groups excluding carboxylic acids is 2. The van der Waals surface area contributed by atoms with E-state index in [1.165, 1.54) is 13.0 Å². The van der Waals surface area contributed by atoms with Crippen molar-refractivity contribution in [2.45, 2.75) is 17.9 Å². The predicted molar refractivity (Wildman–Crippen MR) is 110 cm³/mol. The Labute approximate surface area is 186 Å². The molecule has 1 amide bonds. The summed E-state index contributed by atoms with van der Waals surface area (Å²) in [5.74, 6) is -2.98. The van der Waals surface area contributed by atoms with E-state index >= 15 is 0 Å². The van der Waals surface area contributed by atoms with E-state index in [-0.39, 0.29) is 16.3 Å². The van der Waals surface area contributed by atoms with Gasteiger partial charge in [0.2, 0.25) is 5.82 Å². The number of rotatable bonds is 8. The molecule has 0 fully saturated rings. The third-order valence-electron chi connectivity index (χ3n) is 4.10. The minimum absolute atomic E-state index is 0.0894. The SMILES string of the molecule is CON(C)S(=O)(=O)c1cc(C(=O)OC(C)C(=O)Nc2ccc(F)c([N+](=O)[O-])c2)ccc1Cl. The van der Waals surface area contributed by atoms with Crippen molar-refractivity contribution in [3.05, 3.63) is 62.9 Å². The van der Waals surface area contributed by atoms with E-state index in [4.69, 9.17) is 16.3 Å². The minimum atomic E-state index is -4.17. The van der Waals surface area contributed by atoms with Crippen LogP contribution in [0.25, 0.3) is 0 Å². The highest BCUT2D eigenvalue weighted by molar-refractivity contribution is 7.89. The summed E-state index contributed by atoms with van der Waals surface area (Å²) in [7, 11) is -1.92. The van der Waals surface area contributed by atoms with Crippen LogP contribution in [0, 0.1) is 15.9 Å². The van der Waals surface area contributed by atoms with Gasteiger partial charge in [-0.2, -0.15) is 4.39 Å². The zero-order valence-corrected chi connectivity index (χ0v) is 18.4. The van der Waals surface area contributed by atoms with Crippen LogP contribution in [-0.4, -0.2) is 49.9 Å². The number of halogens is 2. The fourth-order valence-corrected chi connectivity index (χ4v) is 3.79. The van der Waals surface area contributed by atoms with E-state index in [2.05, 4.69) is 10.2 Å². The van der Waals surface area contributed by atoms with Crippen molar-refractivity contribution in [1.29, 1.82) is 0 Å². The summed E-state index contributed by atoms with van der Waals surface area (Å²) in [4.78, 5) is 38.7. The van der Waals surface area contributed by atoms with Crippen molar-refractivity contribution in [3.8, 4) is 0 Å². The lowest BCUT2D eigenvalue weighted by molar-refractivity contribution is -0.387. The van der Waals surface area contributed by atoms with Gasteiger partial charge in [0.1, 0.15) is 4.90 Å². The second kappa shape index (κ2) is 9.99. The molecule has 0 aliphatic heterocycles. The van der Waals surface area contributed by atoms with Crippen LogP contribution >= 0.6 is 11.6 Å². The van der Waals surface area contributed by atoms with Gasteiger partial charge in [-0.3, -0.25) is 19.7 Å². The largest absolute Gasteiger partial charge is 0.449 e. The normalized spacial score (nSPS) is 12.3. The highest BCUT2D eigenvalue weighted by Crippen LogP contribution is 2.26. The lowest BCUT2D eigenvalue weighted by atomic mass is 10.2. The van der Waals surface area contributed by atoms with Crippen LogP contribution in [0.5, 0.6) is 0 Å². The number of anilines is 1. The number of nitrogens with zero attached hydrogens (tertiary/aromatic N) is 2. The average molecular weight is 490 g/mol. The number of ether oxygens (including phenoxy) is 1. The molecule has 0 bridgehead atoms. The molecule has 0 aromatic heterocycles. The Morgan fingerprint density at radius 3 is 2.50 bits per heavy atom. The van der Waals surface area contributed by atoms with Crippen LogP contribution in [-0.2, 0) is 24.4 Å². The molecule has 2 aromatic carbocycles. The summed E-state index contributed by atoms with van der Waals surface area (Å²) < 4.78 is 43.8. The highest BCUT2D eigenvalue weighted by atomic mass is 35.5. The first-order valence-electron chi connectivity index (χ1n) is 8.66. The number of nitrogens with one attached hydrogen (secondary N) is 1. The minimum Gasteiger partial charge on any atom is -0.449 e. The number of amides is 1.